The smallest absolute Gasteiger partial charge is 0.310 e. The van der Waals surface area contributed by atoms with Gasteiger partial charge in [0.05, 0.1) is 35.8 Å². The summed E-state index contributed by atoms with van der Waals surface area (Å²) in [5, 5.41) is 10.4. The summed E-state index contributed by atoms with van der Waals surface area (Å²) in [6, 6.07) is -1.29. The largest absolute Gasteiger partial charge is 0.466 e. The highest BCUT2D eigenvalue weighted by Crippen LogP contribution is 2.69. The first kappa shape index (κ1) is 30.0. The summed E-state index contributed by atoms with van der Waals surface area (Å²) in [4.78, 5) is 45.8. The number of amides is 2. The zero-order valence-electron chi connectivity index (χ0n) is 24.2. The maximum atomic E-state index is 14.8. The third-order valence-electron chi connectivity index (χ3n) is 8.56. The van der Waals surface area contributed by atoms with Gasteiger partial charge in [-0.05, 0) is 50.9 Å². The molecule has 2 bridgehead atoms. The lowest BCUT2D eigenvalue weighted by atomic mass is 9.66. The Balaban J connectivity index is 2.19. The number of hydrogen-bond acceptors (Lipinski definition) is 6. The fourth-order valence-corrected chi connectivity index (χ4v) is 9.92. The average molecular weight is 537 g/mol. The van der Waals surface area contributed by atoms with Crippen LogP contribution in [0.2, 0.25) is 0 Å². The maximum Gasteiger partial charge on any atom is 0.310 e. The number of aliphatic hydroxyl groups excluding tert-OH is 1. The second-order valence-corrected chi connectivity index (χ2v) is 14.9. The van der Waals surface area contributed by atoms with Gasteiger partial charge in [-0.25, -0.2) is 0 Å². The van der Waals surface area contributed by atoms with Crippen molar-refractivity contribution in [3.63, 3.8) is 0 Å². The van der Waals surface area contributed by atoms with E-state index in [1.54, 1.807) is 29.7 Å². The standard InChI is InChI=1S/C29H48N2O5S/c1-11-13-30(28(9,10)16-27(6,7)8)25(34)23-29-18(5)14-20(37-29)21(26(35)36-12-2)22(29)24(33)31(23)19(15-32)17(3)4/h11,17-23,32H,1,12-16H2,2-10H3/t18?,19-,20+,21-,22-,23?,29?/m0/s1. The molecule has 1 spiro atoms. The highest BCUT2D eigenvalue weighted by Gasteiger charge is 2.77. The Bertz CT molecular complexity index is 912. The average Bonchev–Trinajstić information content (AvgIpc) is 3.34. The molecule has 0 aromatic rings. The molecule has 3 saturated heterocycles. The predicted octanol–water partition coefficient (Wildman–Crippen LogP) is 4.13. The molecule has 3 rings (SSSR count). The van der Waals surface area contributed by atoms with Gasteiger partial charge < -0.3 is 19.6 Å². The van der Waals surface area contributed by atoms with E-state index in [4.69, 9.17) is 4.74 Å². The van der Waals surface area contributed by atoms with Crippen LogP contribution in [-0.4, -0.2) is 80.1 Å². The van der Waals surface area contributed by atoms with E-state index < -0.39 is 34.2 Å². The highest BCUT2D eigenvalue weighted by atomic mass is 32.2. The van der Waals surface area contributed by atoms with E-state index in [9.17, 15) is 19.5 Å². The molecule has 0 aromatic carbocycles. The topological polar surface area (TPSA) is 87.2 Å². The first-order chi connectivity index (χ1) is 17.1. The Morgan fingerprint density at radius 1 is 1.30 bits per heavy atom. The lowest BCUT2D eigenvalue weighted by molar-refractivity contribution is -0.154. The van der Waals surface area contributed by atoms with Crippen molar-refractivity contribution in [2.75, 3.05) is 19.8 Å². The highest BCUT2D eigenvalue weighted by molar-refractivity contribution is 8.02. The number of likely N-dealkylation sites (tertiary alicyclic amines) is 1. The molecule has 0 aliphatic carbocycles. The van der Waals surface area contributed by atoms with E-state index in [0.717, 1.165) is 12.8 Å². The Hall–Kier alpha value is -1.54. The van der Waals surface area contributed by atoms with Crippen LogP contribution in [0.15, 0.2) is 12.7 Å². The van der Waals surface area contributed by atoms with Crippen LogP contribution in [0.1, 0.15) is 75.2 Å². The minimum absolute atomic E-state index is 0.0242. The molecule has 3 heterocycles. The van der Waals surface area contributed by atoms with Crippen molar-refractivity contribution in [3.05, 3.63) is 12.7 Å². The molecule has 0 saturated carbocycles. The Morgan fingerprint density at radius 2 is 1.92 bits per heavy atom. The van der Waals surface area contributed by atoms with E-state index >= 15 is 0 Å². The number of hydrogen-bond donors (Lipinski definition) is 1. The molecule has 3 aliphatic heterocycles. The molecule has 0 radical (unpaired) electrons. The van der Waals surface area contributed by atoms with Crippen molar-refractivity contribution in [2.45, 2.75) is 103 Å². The molecule has 0 aromatic heterocycles. The van der Waals surface area contributed by atoms with Crippen molar-refractivity contribution in [3.8, 4) is 0 Å². The summed E-state index contributed by atoms with van der Waals surface area (Å²) >= 11 is 1.64. The normalized spacial score (nSPS) is 32.0. The van der Waals surface area contributed by atoms with Gasteiger partial charge in [0.25, 0.3) is 0 Å². The van der Waals surface area contributed by atoms with Gasteiger partial charge in [-0.3, -0.25) is 14.4 Å². The van der Waals surface area contributed by atoms with Gasteiger partial charge in [0.2, 0.25) is 11.8 Å². The van der Waals surface area contributed by atoms with Crippen molar-refractivity contribution in [1.29, 1.82) is 0 Å². The second-order valence-electron chi connectivity index (χ2n) is 13.3. The first-order valence-electron chi connectivity index (χ1n) is 13.8. The van der Waals surface area contributed by atoms with Crippen molar-refractivity contribution < 1.29 is 24.2 Å². The quantitative estimate of drug-likeness (QED) is 0.334. The van der Waals surface area contributed by atoms with Crippen molar-refractivity contribution >= 4 is 29.5 Å². The summed E-state index contributed by atoms with van der Waals surface area (Å²) in [5.41, 5.74) is -0.520. The third kappa shape index (κ3) is 4.97. The van der Waals surface area contributed by atoms with Crippen LogP contribution in [0, 0.1) is 29.1 Å². The van der Waals surface area contributed by atoms with Crippen molar-refractivity contribution in [2.24, 2.45) is 29.1 Å². The van der Waals surface area contributed by atoms with Crippen LogP contribution in [-0.2, 0) is 19.1 Å². The summed E-state index contributed by atoms with van der Waals surface area (Å²) < 4.78 is 4.71. The number of thioether (sulfide) groups is 1. The summed E-state index contributed by atoms with van der Waals surface area (Å²) in [6.07, 6.45) is 3.27. The van der Waals surface area contributed by atoms with Crippen LogP contribution >= 0.6 is 11.8 Å². The Kier molecular flexibility index (Phi) is 8.56. The van der Waals surface area contributed by atoms with Gasteiger partial charge >= 0.3 is 5.97 Å². The molecule has 2 amide bonds. The van der Waals surface area contributed by atoms with Crippen LogP contribution in [0.25, 0.3) is 0 Å². The molecule has 7 nitrogen and oxygen atoms in total. The minimum Gasteiger partial charge on any atom is -0.466 e. The molecular weight excluding hydrogens is 488 g/mol. The monoisotopic (exact) mass is 536 g/mol. The molecule has 210 valence electrons. The number of nitrogens with zero attached hydrogens (tertiary/aromatic N) is 2. The number of carbonyl (C=O) groups is 3. The number of rotatable bonds is 10. The van der Waals surface area contributed by atoms with Gasteiger partial charge in [0.1, 0.15) is 6.04 Å². The van der Waals surface area contributed by atoms with E-state index in [-0.39, 0.29) is 53.5 Å². The number of ether oxygens (including phenoxy) is 1. The fourth-order valence-electron chi connectivity index (χ4n) is 7.53. The number of fused-ring (bicyclic) bond motifs is 1. The van der Waals surface area contributed by atoms with E-state index in [0.29, 0.717) is 6.54 Å². The number of aliphatic hydroxyl groups is 1. The van der Waals surface area contributed by atoms with Gasteiger partial charge in [-0.1, -0.05) is 47.6 Å². The third-order valence-corrected chi connectivity index (χ3v) is 10.6. The van der Waals surface area contributed by atoms with Gasteiger partial charge in [-0.15, -0.1) is 18.3 Å². The van der Waals surface area contributed by atoms with Gasteiger partial charge in [0.15, 0.2) is 0 Å². The minimum atomic E-state index is -0.770. The molecule has 37 heavy (non-hydrogen) atoms. The van der Waals surface area contributed by atoms with E-state index in [2.05, 4.69) is 48.1 Å². The summed E-state index contributed by atoms with van der Waals surface area (Å²) in [6.45, 7) is 22.7. The molecule has 7 atom stereocenters. The fraction of sp³-hybridized carbons (Fsp3) is 0.828. The summed E-state index contributed by atoms with van der Waals surface area (Å²) in [5.74, 6) is -1.87. The van der Waals surface area contributed by atoms with Crippen LogP contribution in [0.5, 0.6) is 0 Å². The van der Waals surface area contributed by atoms with Crippen LogP contribution in [0.4, 0.5) is 0 Å². The lowest BCUT2D eigenvalue weighted by Crippen LogP contribution is -2.63. The van der Waals surface area contributed by atoms with E-state index in [1.165, 1.54) is 0 Å². The molecule has 3 fully saturated rings. The molecule has 8 heteroatoms. The van der Waals surface area contributed by atoms with Crippen molar-refractivity contribution in [1.82, 2.24) is 9.80 Å². The maximum absolute atomic E-state index is 14.8. The molecule has 3 aliphatic rings. The van der Waals surface area contributed by atoms with Crippen LogP contribution in [0.3, 0.4) is 0 Å². The number of esters is 1. The second kappa shape index (κ2) is 10.6. The zero-order chi connectivity index (χ0) is 28.1. The van der Waals surface area contributed by atoms with E-state index in [1.807, 2.05) is 18.7 Å². The Morgan fingerprint density at radius 3 is 2.41 bits per heavy atom. The van der Waals surface area contributed by atoms with Gasteiger partial charge in [-0.2, -0.15) is 0 Å². The SMILES string of the molecule is C=CCN(C(=O)C1N([C@@H](CO)C(C)C)C(=O)[C@@H]2[C@@H](C(=O)OCC)[C@H]3CC(C)C12S3)C(C)(C)CC(C)(C)C. The molecular formula is C29H48N2O5S. The number of carbonyl (C=O) groups excluding carboxylic acids is 3. The predicted molar refractivity (Wildman–Crippen MR) is 148 cm³/mol. The molecule has 1 N–H and O–H groups in total. The zero-order valence-corrected chi connectivity index (χ0v) is 25.1. The molecule has 3 unspecified atom stereocenters. The van der Waals surface area contributed by atoms with Gasteiger partial charge in [0, 0.05) is 17.3 Å². The summed E-state index contributed by atoms with van der Waals surface area (Å²) in [7, 11) is 0. The first-order valence-corrected chi connectivity index (χ1v) is 14.7. The Labute approximate surface area is 227 Å². The van der Waals surface area contributed by atoms with Crippen LogP contribution < -0.4 is 0 Å². The lowest BCUT2D eigenvalue weighted by Gasteiger charge is -2.48.